The van der Waals surface area contributed by atoms with Crippen molar-refractivity contribution in [3.8, 4) is 5.88 Å². The maximum absolute atomic E-state index is 13.4. The minimum Gasteiger partial charge on any atom is -0.473 e. The van der Waals surface area contributed by atoms with Gasteiger partial charge in [-0.25, -0.2) is 22.2 Å². The van der Waals surface area contributed by atoms with Gasteiger partial charge in [-0.05, 0) is 44.9 Å². The Morgan fingerprint density at radius 3 is 2.62 bits per heavy atom. The van der Waals surface area contributed by atoms with Gasteiger partial charge in [-0.1, -0.05) is 0 Å². The summed E-state index contributed by atoms with van der Waals surface area (Å²) in [5.41, 5.74) is 0.759. The molecule has 9 heteroatoms. The maximum atomic E-state index is 13.4. The maximum Gasteiger partial charge on any atom is 0.243 e. The lowest BCUT2D eigenvalue weighted by atomic mass is 10.1. The lowest BCUT2D eigenvalue weighted by Crippen LogP contribution is -2.44. The van der Waals surface area contributed by atoms with Crippen LogP contribution in [0.5, 0.6) is 5.88 Å². The van der Waals surface area contributed by atoms with Crippen LogP contribution in [-0.2, 0) is 10.0 Å². The molecule has 2 aromatic rings. The van der Waals surface area contributed by atoms with Gasteiger partial charge in [0.15, 0.2) is 11.6 Å². The molecule has 0 radical (unpaired) electrons. The van der Waals surface area contributed by atoms with E-state index in [-0.39, 0.29) is 17.5 Å². The van der Waals surface area contributed by atoms with Gasteiger partial charge in [-0.3, -0.25) is 0 Å². The zero-order valence-electron chi connectivity index (χ0n) is 14.4. The summed E-state index contributed by atoms with van der Waals surface area (Å²) < 4.78 is 59.0. The Hall–Kier alpha value is -2.13. The van der Waals surface area contributed by atoms with Crippen LogP contribution in [0.4, 0.5) is 8.78 Å². The molecule has 1 fully saturated rings. The average Bonchev–Trinajstić information content (AvgIpc) is 2.56. The Labute approximate surface area is 150 Å². The molecule has 1 unspecified atom stereocenters. The fraction of sp³-hybridized carbons (Fsp3) is 0.412. The summed E-state index contributed by atoms with van der Waals surface area (Å²) in [4.78, 5) is 8.10. The quantitative estimate of drug-likeness (QED) is 0.812. The van der Waals surface area contributed by atoms with Crippen molar-refractivity contribution in [2.75, 3.05) is 13.1 Å². The van der Waals surface area contributed by atoms with Crippen LogP contribution in [0.25, 0.3) is 0 Å². The molecule has 1 aromatic carbocycles. The number of hydrogen-bond acceptors (Lipinski definition) is 5. The minimum atomic E-state index is -3.93. The molecular weight excluding hydrogens is 364 g/mol. The van der Waals surface area contributed by atoms with Crippen molar-refractivity contribution >= 4 is 10.0 Å². The normalized spacial score (nSPS) is 18.7. The number of nitrogens with zero attached hydrogens (tertiary/aromatic N) is 3. The molecule has 1 aliphatic rings. The first kappa shape index (κ1) is 18.7. The molecule has 6 nitrogen and oxygen atoms in total. The number of ether oxygens (including phenoxy) is 1. The number of aromatic nitrogens is 2. The van der Waals surface area contributed by atoms with Gasteiger partial charge in [-0.2, -0.15) is 9.29 Å². The molecule has 0 bridgehead atoms. The number of rotatable bonds is 4. The second kappa shape index (κ2) is 7.24. The topological polar surface area (TPSA) is 72.4 Å². The number of halogens is 2. The molecule has 1 aliphatic heterocycles. The fourth-order valence-corrected chi connectivity index (χ4v) is 4.44. The Kier molecular flexibility index (Phi) is 5.19. The highest BCUT2D eigenvalue weighted by atomic mass is 32.2. The van der Waals surface area contributed by atoms with Crippen molar-refractivity contribution in [3.63, 3.8) is 0 Å². The van der Waals surface area contributed by atoms with E-state index >= 15 is 0 Å². The summed E-state index contributed by atoms with van der Waals surface area (Å²) in [6.07, 6.45) is 0.889. The van der Waals surface area contributed by atoms with Gasteiger partial charge in [-0.15, -0.1) is 0 Å². The molecule has 26 heavy (non-hydrogen) atoms. The van der Waals surface area contributed by atoms with Crippen molar-refractivity contribution in [1.29, 1.82) is 0 Å². The van der Waals surface area contributed by atoms with Crippen LogP contribution in [0.15, 0.2) is 29.2 Å². The SMILES string of the molecule is Cc1cc(OC2CCCN(S(=O)(=O)c3ccc(F)c(F)c3)C2)nc(C)n1. The highest BCUT2D eigenvalue weighted by molar-refractivity contribution is 7.89. The number of piperidine rings is 1. The predicted octanol–water partition coefficient (Wildman–Crippen LogP) is 2.60. The van der Waals surface area contributed by atoms with Crippen molar-refractivity contribution in [3.05, 3.63) is 47.4 Å². The number of sulfonamides is 1. The predicted molar refractivity (Wildman–Crippen MR) is 90.3 cm³/mol. The van der Waals surface area contributed by atoms with Gasteiger partial charge in [0.25, 0.3) is 0 Å². The van der Waals surface area contributed by atoms with Crippen LogP contribution < -0.4 is 4.74 Å². The summed E-state index contributed by atoms with van der Waals surface area (Å²) in [5, 5.41) is 0. The van der Waals surface area contributed by atoms with Gasteiger partial charge in [0.05, 0.1) is 11.4 Å². The molecule has 3 rings (SSSR count). The molecule has 1 atom stereocenters. The number of aryl methyl sites for hydroxylation is 2. The average molecular weight is 383 g/mol. The Balaban J connectivity index is 1.77. The second-order valence-electron chi connectivity index (χ2n) is 6.22. The van der Waals surface area contributed by atoms with Crippen molar-refractivity contribution in [2.45, 2.75) is 37.7 Å². The van der Waals surface area contributed by atoms with E-state index in [4.69, 9.17) is 4.74 Å². The van der Waals surface area contributed by atoms with E-state index in [1.54, 1.807) is 13.0 Å². The largest absolute Gasteiger partial charge is 0.473 e. The number of hydrogen-bond donors (Lipinski definition) is 0. The standard InChI is InChI=1S/C17H19F2N3O3S/c1-11-8-17(21-12(2)20-11)25-13-4-3-7-22(10-13)26(23,24)14-5-6-15(18)16(19)9-14/h5-6,8-9,13H,3-4,7,10H2,1-2H3. The van der Waals surface area contributed by atoms with Crippen molar-refractivity contribution < 1.29 is 21.9 Å². The van der Waals surface area contributed by atoms with Gasteiger partial charge in [0.2, 0.25) is 15.9 Å². The van der Waals surface area contributed by atoms with E-state index in [0.717, 1.165) is 17.8 Å². The molecule has 0 N–H and O–H groups in total. The van der Waals surface area contributed by atoms with E-state index in [9.17, 15) is 17.2 Å². The third kappa shape index (κ3) is 3.99. The van der Waals surface area contributed by atoms with E-state index in [1.165, 1.54) is 4.31 Å². The van der Waals surface area contributed by atoms with Gasteiger partial charge >= 0.3 is 0 Å². The molecule has 1 aromatic heterocycles. The highest BCUT2D eigenvalue weighted by Gasteiger charge is 2.32. The first-order valence-corrected chi connectivity index (χ1v) is 9.64. The molecule has 0 amide bonds. The molecular formula is C17H19F2N3O3S. The Morgan fingerprint density at radius 1 is 1.15 bits per heavy atom. The third-order valence-corrected chi connectivity index (χ3v) is 5.96. The Morgan fingerprint density at radius 2 is 1.92 bits per heavy atom. The van der Waals surface area contributed by atoms with Crippen LogP contribution in [-0.4, -0.2) is 41.9 Å². The summed E-state index contributed by atoms with van der Waals surface area (Å²) >= 11 is 0. The van der Waals surface area contributed by atoms with E-state index in [2.05, 4.69) is 9.97 Å². The smallest absolute Gasteiger partial charge is 0.243 e. The Bertz CT molecular complexity index is 901. The molecule has 0 aliphatic carbocycles. The molecule has 0 spiro atoms. The van der Waals surface area contributed by atoms with Gasteiger partial charge < -0.3 is 4.74 Å². The molecule has 140 valence electrons. The van der Waals surface area contributed by atoms with Crippen LogP contribution in [0.2, 0.25) is 0 Å². The molecule has 0 saturated carbocycles. The molecule has 2 heterocycles. The highest BCUT2D eigenvalue weighted by Crippen LogP contribution is 2.24. The van der Waals surface area contributed by atoms with E-state index in [1.807, 2.05) is 6.92 Å². The minimum absolute atomic E-state index is 0.115. The second-order valence-corrected chi connectivity index (χ2v) is 8.15. The monoisotopic (exact) mass is 383 g/mol. The summed E-state index contributed by atoms with van der Waals surface area (Å²) in [5.74, 6) is -1.31. The van der Waals surface area contributed by atoms with Crippen LogP contribution in [0.3, 0.4) is 0 Å². The van der Waals surface area contributed by atoms with Crippen molar-refractivity contribution in [2.24, 2.45) is 0 Å². The van der Waals surface area contributed by atoms with Gasteiger partial charge in [0, 0.05) is 18.3 Å². The van der Waals surface area contributed by atoms with E-state index in [0.29, 0.717) is 37.2 Å². The lowest BCUT2D eigenvalue weighted by molar-refractivity contribution is 0.124. The summed E-state index contributed by atoms with van der Waals surface area (Å²) in [6, 6.07) is 4.27. The van der Waals surface area contributed by atoms with Crippen molar-refractivity contribution in [1.82, 2.24) is 14.3 Å². The molecule has 1 saturated heterocycles. The number of benzene rings is 1. The summed E-state index contributed by atoms with van der Waals surface area (Å²) in [7, 11) is -3.93. The van der Waals surface area contributed by atoms with Gasteiger partial charge in [0.1, 0.15) is 11.9 Å². The van der Waals surface area contributed by atoms with Crippen LogP contribution in [0, 0.1) is 25.5 Å². The third-order valence-electron chi connectivity index (χ3n) is 4.10. The first-order chi connectivity index (χ1) is 12.3. The van der Waals surface area contributed by atoms with E-state index < -0.39 is 21.7 Å². The first-order valence-electron chi connectivity index (χ1n) is 8.20. The lowest BCUT2D eigenvalue weighted by Gasteiger charge is -2.31. The zero-order chi connectivity index (χ0) is 18.9. The zero-order valence-corrected chi connectivity index (χ0v) is 15.3. The van der Waals surface area contributed by atoms with Crippen LogP contribution >= 0.6 is 0 Å². The fourth-order valence-electron chi connectivity index (χ4n) is 2.92. The summed E-state index contributed by atoms with van der Waals surface area (Å²) in [6.45, 7) is 3.98. The van der Waals surface area contributed by atoms with Crippen LogP contribution in [0.1, 0.15) is 24.4 Å².